The van der Waals surface area contributed by atoms with Crippen molar-refractivity contribution in [3.63, 3.8) is 0 Å². The highest BCUT2D eigenvalue weighted by Gasteiger charge is 2.18. The van der Waals surface area contributed by atoms with Crippen LogP contribution in [0.1, 0.15) is 6.92 Å². The third-order valence-corrected chi connectivity index (χ3v) is 3.91. The van der Waals surface area contributed by atoms with E-state index in [0.29, 0.717) is 24.6 Å². The van der Waals surface area contributed by atoms with Crippen molar-refractivity contribution in [1.82, 2.24) is 4.90 Å². The quantitative estimate of drug-likeness (QED) is 0.717. The van der Waals surface area contributed by atoms with Gasteiger partial charge in [-0.3, -0.25) is 9.69 Å². The topological polar surface area (TPSA) is 50.8 Å². The van der Waals surface area contributed by atoms with Crippen molar-refractivity contribution in [3.05, 3.63) is 54.3 Å². The molecule has 5 nitrogen and oxygen atoms in total. The molecule has 0 saturated heterocycles. The molecule has 0 spiro atoms. The third kappa shape index (κ3) is 6.82. The smallest absolute Gasteiger partial charge is 0.387 e. The lowest BCUT2D eigenvalue weighted by Gasteiger charge is -2.24. The summed E-state index contributed by atoms with van der Waals surface area (Å²) in [5.41, 5.74) is 0.476. The van der Waals surface area contributed by atoms with Gasteiger partial charge in [-0.1, -0.05) is 0 Å². The fourth-order valence-corrected chi connectivity index (χ4v) is 2.20. The fourth-order valence-electron chi connectivity index (χ4n) is 2.20. The van der Waals surface area contributed by atoms with Crippen LogP contribution in [-0.4, -0.2) is 43.7 Å². The molecule has 2 rings (SSSR count). The highest BCUT2D eigenvalue weighted by Crippen LogP contribution is 2.18. The van der Waals surface area contributed by atoms with Gasteiger partial charge in [-0.15, -0.1) is 0 Å². The summed E-state index contributed by atoms with van der Waals surface area (Å²) in [6.45, 7) is -0.343. The predicted octanol–water partition coefficient (Wildman–Crippen LogP) is 3.76. The molecule has 0 aliphatic carbocycles. The van der Waals surface area contributed by atoms with E-state index in [-0.39, 0.29) is 17.5 Å². The molecule has 0 radical (unpaired) electrons. The molecule has 2 aromatic rings. The SMILES string of the molecule is CC(C(=O)Nc1ccc(OC(F)F)cc1)N(C)CCOc1ccc(F)cc1. The summed E-state index contributed by atoms with van der Waals surface area (Å²) in [6.07, 6.45) is 0. The van der Waals surface area contributed by atoms with Crippen molar-refractivity contribution in [3.8, 4) is 11.5 Å². The molecule has 1 unspecified atom stereocenters. The van der Waals surface area contributed by atoms with E-state index in [2.05, 4.69) is 10.1 Å². The number of halogens is 3. The number of hydrogen-bond donors (Lipinski definition) is 1. The van der Waals surface area contributed by atoms with Crippen LogP contribution in [0, 0.1) is 5.82 Å². The molecule has 8 heteroatoms. The maximum atomic E-state index is 12.8. The molecular weight excluding hydrogens is 361 g/mol. The van der Waals surface area contributed by atoms with Crippen LogP contribution >= 0.6 is 0 Å². The molecule has 0 heterocycles. The van der Waals surface area contributed by atoms with Crippen molar-refractivity contribution in [2.24, 2.45) is 0 Å². The number of benzene rings is 2. The average Bonchev–Trinajstić information content (AvgIpc) is 2.63. The zero-order valence-electron chi connectivity index (χ0n) is 15.0. The Morgan fingerprint density at radius 3 is 2.26 bits per heavy atom. The first-order valence-corrected chi connectivity index (χ1v) is 8.29. The van der Waals surface area contributed by atoms with E-state index in [1.807, 2.05) is 0 Å². The van der Waals surface area contributed by atoms with Gasteiger partial charge in [-0.2, -0.15) is 8.78 Å². The summed E-state index contributed by atoms with van der Waals surface area (Å²) in [5.74, 6) is -0.0144. The van der Waals surface area contributed by atoms with Crippen molar-refractivity contribution >= 4 is 11.6 Å². The first-order valence-electron chi connectivity index (χ1n) is 8.29. The van der Waals surface area contributed by atoms with Gasteiger partial charge in [0.2, 0.25) is 5.91 Å². The van der Waals surface area contributed by atoms with E-state index < -0.39 is 12.7 Å². The molecule has 1 N–H and O–H groups in total. The number of carbonyl (C=O) groups is 1. The molecule has 146 valence electrons. The van der Waals surface area contributed by atoms with Gasteiger partial charge in [0, 0.05) is 12.2 Å². The minimum Gasteiger partial charge on any atom is -0.492 e. The number of carbonyl (C=O) groups excluding carboxylic acids is 1. The number of nitrogens with zero attached hydrogens (tertiary/aromatic N) is 1. The van der Waals surface area contributed by atoms with Crippen molar-refractivity contribution < 1.29 is 27.4 Å². The predicted molar refractivity (Wildman–Crippen MR) is 95.7 cm³/mol. The van der Waals surface area contributed by atoms with E-state index in [4.69, 9.17) is 4.74 Å². The molecule has 0 saturated carbocycles. The molecule has 0 aliphatic heterocycles. The van der Waals surface area contributed by atoms with Crippen LogP contribution in [0.4, 0.5) is 18.9 Å². The van der Waals surface area contributed by atoms with Gasteiger partial charge in [0.1, 0.15) is 23.9 Å². The van der Waals surface area contributed by atoms with E-state index >= 15 is 0 Å². The lowest BCUT2D eigenvalue weighted by Crippen LogP contribution is -2.41. The highest BCUT2D eigenvalue weighted by molar-refractivity contribution is 5.94. The number of amides is 1. The monoisotopic (exact) mass is 382 g/mol. The van der Waals surface area contributed by atoms with Gasteiger partial charge in [0.05, 0.1) is 6.04 Å². The number of alkyl halides is 2. The molecule has 0 aromatic heterocycles. The lowest BCUT2D eigenvalue weighted by atomic mass is 10.2. The van der Waals surface area contributed by atoms with Gasteiger partial charge in [-0.05, 0) is 62.5 Å². The Balaban J connectivity index is 1.78. The summed E-state index contributed by atoms with van der Waals surface area (Å²) in [5, 5.41) is 2.71. The summed E-state index contributed by atoms with van der Waals surface area (Å²) in [7, 11) is 1.78. The zero-order valence-corrected chi connectivity index (χ0v) is 15.0. The molecule has 1 amide bonds. The number of likely N-dealkylation sites (N-methyl/N-ethyl adjacent to an activating group) is 1. The zero-order chi connectivity index (χ0) is 19.8. The molecule has 0 bridgehead atoms. The molecular formula is C19H21F3N2O3. The number of ether oxygens (including phenoxy) is 2. The molecule has 1 atom stereocenters. The second-order valence-corrected chi connectivity index (χ2v) is 5.85. The van der Waals surface area contributed by atoms with E-state index in [9.17, 15) is 18.0 Å². The Morgan fingerprint density at radius 2 is 1.67 bits per heavy atom. The van der Waals surface area contributed by atoms with Crippen LogP contribution in [0.25, 0.3) is 0 Å². The van der Waals surface area contributed by atoms with Crippen molar-refractivity contribution in [2.45, 2.75) is 19.6 Å². The standard InChI is InChI=1S/C19H21F3N2O3/c1-13(24(2)11-12-26-16-7-3-14(20)4-8-16)18(25)23-15-5-9-17(10-6-15)27-19(21)22/h3-10,13,19H,11-12H2,1-2H3,(H,23,25). The molecule has 0 fully saturated rings. The minimum absolute atomic E-state index is 0.0195. The Bertz CT molecular complexity index is 724. The lowest BCUT2D eigenvalue weighted by molar-refractivity contribution is -0.120. The largest absolute Gasteiger partial charge is 0.492 e. The second-order valence-electron chi connectivity index (χ2n) is 5.85. The van der Waals surface area contributed by atoms with Gasteiger partial charge >= 0.3 is 6.61 Å². The molecule has 27 heavy (non-hydrogen) atoms. The number of nitrogens with one attached hydrogen (secondary N) is 1. The Kier molecular flexibility index (Phi) is 7.48. The minimum atomic E-state index is -2.89. The van der Waals surface area contributed by atoms with Gasteiger partial charge in [0.25, 0.3) is 0 Å². The fraction of sp³-hybridized carbons (Fsp3) is 0.316. The van der Waals surface area contributed by atoms with E-state index in [0.717, 1.165) is 0 Å². The first kappa shape index (κ1) is 20.6. The number of hydrogen-bond acceptors (Lipinski definition) is 4. The number of anilines is 1. The van der Waals surface area contributed by atoms with Gasteiger partial charge in [0.15, 0.2) is 0 Å². The summed E-state index contributed by atoms with van der Waals surface area (Å²) in [4.78, 5) is 14.1. The second kappa shape index (κ2) is 9.82. The summed E-state index contributed by atoms with van der Waals surface area (Å²) in [6, 6.07) is 10.9. The summed E-state index contributed by atoms with van der Waals surface area (Å²) < 4.78 is 46.9. The van der Waals surface area contributed by atoms with E-state index in [1.165, 1.54) is 48.5 Å². The van der Waals surface area contributed by atoms with Crippen LogP contribution < -0.4 is 14.8 Å². The third-order valence-electron chi connectivity index (χ3n) is 3.91. The maximum Gasteiger partial charge on any atom is 0.387 e. The summed E-state index contributed by atoms with van der Waals surface area (Å²) >= 11 is 0. The van der Waals surface area contributed by atoms with Crippen molar-refractivity contribution in [1.29, 1.82) is 0 Å². The van der Waals surface area contributed by atoms with Crippen LogP contribution in [0.3, 0.4) is 0 Å². The van der Waals surface area contributed by atoms with Crippen LogP contribution in [0.15, 0.2) is 48.5 Å². The van der Waals surface area contributed by atoms with Crippen molar-refractivity contribution in [2.75, 3.05) is 25.5 Å². The van der Waals surface area contributed by atoms with Gasteiger partial charge < -0.3 is 14.8 Å². The molecule has 0 aliphatic rings. The normalized spacial score (nSPS) is 12.1. The Labute approximate surface area is 155 Å². The van der Waals surface area contributed by atoms with Gasteiger partial charge in [-0.25, -0.2) is 4.39 Å². The maximum absolute atomic E-state index is 12.8. The molecule has 2 aromatic carbocycles. The Hall–Kier alpha value is -2.74. The Morgan fingerprint density at radius 1 is 1.07 bits per heavy atom. The van der Waals surface area contributed by atoms with Crippen LogP contribution in [0.2, 0.25) is 0 Å². The van der Waals surface area contributed by atoms with E-state index in [1.54, 1.807) is 18.9 Å². The van der Waals surface area contributed by atoms with Crippen LogP contribution in [0.5, 0.6) is 11.5 Å². The van der Waals surface area contributed by atoms with Crippen LogP contribution in [-0.2, 0) is 4.79 Å². The average molecular weight is 382 g/mol. The first-order chi connectivity index (χ1) is 12.8. The highest BCUT2D eigenvalue weighted by atomic mass is 19.3. The number of rotatable bonds is 9.